The average Bonchev–Trinajstić information content (AvgIpc) is 1.85. The molecule has 3 heteroatoms. The van der Waals surface area contributed by atoms with E-state index in [4.69, 9.17) is 0 Å². The van der Waals surface area contributed by atoms with E-state index in [0.29, 0.717) is 5.92 Å². The van der Waals surface area contributed by atoms with Crippen LogP contribution >= 0.6 is 0 Å². The highest BCUT2D eigenvalue weighted by Gasteiger charge is 1.92. The number of carbonyl (C=O) groups excluding carboxylic acids is 1. The summed E-state index contributed by atoms with van der Waals surface area (Å²) in [6.45, 7) is 8.44. The summed E-state index contributed by atoms with van der Waals surface area (Å²) < 4.78 is 0. The Hall–Kier alpha value is -0.570. The quantitative estimate of drug-likeness (QED) is 0.567. The van der Waals surface area contributed by atoms with Gasteiger partial charge >= 0.3 is 0 Å². The molecule has 0 radical (unpaired) electrons. The number of carbonyl (C=O) groups is 1. The third-order valence-electron chi connectivity index (χ3n) is 1.23. The van der Waals surface area contributed by atoms with Crippen LogP contribution in [-0.4, -0.2) is 25.5 Å². The van der Waals surface area contributed by atoms with Gasteiger partial charge in [0.05, 0.1) is 0 Å². The molecule has 66 valence electrons. The lowest BCUT2D eigenvalue weighted by molar-refractivity contribution is -0.118. The van der Waals surface area contributed by atoms with Crippen molar-refractivity contribution < 1.29 is 4.79 Å². The largest absolute Gasteiger partial charge is 0.355 e. The lowest BCUT2D eigenvalue weighted by Gasteiger charge is -2.06. The van der Waals surface area contributed by atoms with E-state index in [2.05, 4.69) is 24.5 Å². The van der Waals surface area contributed by atoms with Gasteiger partial charge in [0.1, 0.15) is 0 Å². The third-order valence-corrected chi connectivity index (χ3v) is 1.23. The van der Waals surface area contributed by atoms with Gasteiger partial charge in [0, 0.05) is 20.0 Å². The zero-order chi connectivity index (χ0) is 8.69. The van der Waals surface area contributed by atoms with E-state index >= 15 is 0 Å². The van der Waals surface area contributed by atoms with Crippen LogP contribution in [0, 0.1) is 5.92 Å². The topological polar surface area (TPSA) is 41.1 Å². The van der Waals surface area contributed by atoms with Crippen LogP contribution in [0.25, 0.3) is 0 Å². The number of nitrogens with one attached hydrogen (secondary N) is 2. The van der Waals surface area contributed by atoms with Gasteiger partial charge in [0.15, 0.2) is 0 Å². The zero-order valence-electron chi connectivity index (χ0n) is 7.61. The molecule has 0 rings (SSSR count). The second kappa shape index (κ2) is 6.16. The van der Waals surface area contributed by atoms with Crippen molar-refractivity contribution in [3.63, 3.8) is 0 Å². The summed E-state index contributed by atoms with van der Waals surface area (Å²) in [4.78, 5) is 10.4. The minimum atomic E-state index is 0.0383. The first-order chi connectivity index (χ1) is 5.13. The highest BCUT2D eigenvalue weighted by atomic mass is 16.1. The predicted molar refractivity (Wildman–Crippen MR) is 46.4 cm³/mol. The SMILES string of the molecule is CC(=O)NCCNCC(C)C. The first-order valence-corrected chi connectivity index (χ1v) is 4.08. The van der Waals surface area contributed by atoms with Crippen LogP contribution in [0.2, 0.25) is 0 Å². The summed E-state index contributed by atoms with van der Waals surface area (Å²) >= 11 is 0. The Morgan fingerprint density at radius 3 is 2.45 bits per heavy atom. The van der Waals surface area contributed by atoms with E-state index in [-0.39, 0.29) is 5.91 Å². The van der Waals surface area contributed by atoms with Crippen LogP contribution in [0.1, 0.15) is 20.8 Å². The van der Waals surface area contributed by atoms with E-state index in [1.807, 2.05) is 0 Å². The van der Waals surface area contributed by atoms with Crippen molar-refractivity contribution in [2.45, 2.75) is 20.8 Å². The molecule has 0 aromatic rings. The van der Waals surface area contributed by atoms with Crippen molar-refractivity contribution in [1.82, 2.24) is 10.6 Å². The Kier molecular flexibility index (Phi) is 5.84. The number of hydrogen-bond donors (Lipinski definition) is 2. The molecule has 0 unspecified atom stereocenters. The van der Waals surface area contributed by atoms with E-state index in [1.54, 1.807) is 0 Å². The maximum absolute atomic E-state index is 10.4. The maximum Gasteiger partial charge on any atom is 0.216 e. The van der Waals surface area contributed by atoms with Crippen LogP contribution in [-0.2, 0) is 4.79 Å². The second-order valence-corrected chi connectivity index (χ2v) is 3.08. The zero-order valence-corrected chi connectivity index (χ0v) is 7.61. The minimum Gasteiger partial charge on any atom is -0.355 e. The van der Waals surface area contributed by atoms with Gasteiger partial charge in [-0.25, -0.2) is 0 Å². The number of rotatable bonds is 5. The standard InChI is InChI=1S/C8H18N2O/c1-7(2)6-9-4-5-10-8(3)11/h7,9H,4-6H2,1-3H3,(H,10,11). The molecule has 0 bridgehead atoms. The molecule has 0 fully saturated rings. The van der Waals surface area contributed by atoms with Gasteiger partial charge in [-0.3, -0.25) is 4.79 Å². The molecule has 0 aliphatic heterocycles. The normalized spacial score (nSPS) is 10.2. The summed E-state index contributed by atoms with van der Waals surface area (Å²) in [5.41, 5.74) is 0. The molecule has 0 aliphatic carbocycles. The Bertz CT molecular complexity index is 113. The second-order valence-electron chi connectivity index (χ2n) is 3.08. The highest BCUT2D eigenvalue weighted by molar-refractivity contribution is 5.72. The van der Waals surface area contributed by atoms with Gasteiger partial charge in [0.2, 0.25) is 5.91 Å². The Labute approximate surface area is 68.6 Å². The van der Waals surface area contributed by atoms with Gasteiger partial charge < -0.3 is 10.6 Å². The van der Waals surface area contributed by atoms with Crippen LogP contribution in [0.4, 0.5) is 0 Å². The molecule has 2 N–H and O–H groups in total. The predicted octanol–water partition coefficient (Wildman–Crippen LogP) is 0.368. The van der Waals surface area contributed by atoms with Gasteiger partial charge in [-0.2, -0.15) is 0 Å². The number of hydrogen-bond acceptors (Lipinski definition) is 2. The summed E-state index contributed by atoms with van der Waals surface area (Å²) in [5, 5.41) is 5.94. The smallest absolute Gasteiger partial charge is 0.216 e. The van der Waals surface area contributed by atoms with E-state index in [1.165, 1.54) is 6.92 Å². The van der Waals surface area contributed by atoms with Gasteiger partial charge in [-0.1, -0.05) is 13.8 Å². The Balaban J connectivity index is 2.97. The highest BCUT2D eigenvalue weighted by Crippen LogP contribution is 1.85. The molecule has 0 atom stereocenters. The van der Waals surface area contributed by atoms with Crippen molar-refractivity contribution in [2.24, 2.45) is 5.92 Å². The molecule has 3 nitrogen and oxygen atoms in total. The van der Waals surface area contributed by atoms with Crippen molar-refractivity contribution in [3.05, 3.63) is 0 Å². The lowest BCUT2D eigenvalue weighted by atomic mass is 10.2. The lowest BCUT2D eigenvalue weighted by Crippen LogP contribution is -2.31. The minimum absolute atomic E-state index is 0.0383. The van der Waals surface area contributed by atoms with E-state index in [0.717, 1.165) is 19.6 Å². The molecule has 1 amide bonds. The molecule has 0 aliphatic rings. The molecule has 11 heavy (non-hydrogen) atoms. The first-order valence-electron chi connectivity index (χ1n) is 4.08. The van der Waals surface area contributed by atoms with Crippen LogP contribution in [0.3, 0.4) is 0 Å². The van der Waals surface area contributed by atoms with E-state index < -0.39 is 0 Å². The monoisotopic (exact) mass is 158 g/mol. The molecule has 0 saturated heterocycles. The molecular formula is C8H18N2O. The van der Waals surface area contributed by atoms with Crippen LogP contribution in [0.5, 0.6) is 0 Å². The van der Waals surface area contributed by atoms with E-state index in [9.17, 15) is 4.79 Å². The summed E-state index contributed by atoms with van der Waals surface area (Å²) in [6, 6.07) is 0. The Morgan fingerprint density at radius 1 is 1.36 bits per heavy atom. The molecule has 0 spiro atoms. The van der Waals surface area contributed by atoms with Crippen LogP contribution < -0.4 is 10.6 Å². The molecular weight excluding hydrogens is 140 g/mol. The molecule has 0 aromatic carbocycles. The van der Waals surface area contributed by atoms with Gasteiger partial charge in [-0.05, 0) is 12.5 Å². The van der Waals surface area contributed by atoms with Gasteiger partial charge in [0.25, 0.3) is 0 Å². The molecule has 0 saturated carbocycles. The summed E-state index contributed by atoms with van der Waals surface area (Å²) in [7, 11) is 0. The van der Waals surface area contributed by atoms with Crippen molar-refractivity contribution in [3.8, 4) is 0 Å². The first kappa shape index (κ1) is 10.4. The summed E-state index contributed by atoms with van der Waals surface area (Å²) in [6.07, 6.45) is 0. The fraction of sp³-hybridized carbons (Fsp3) is 0.875. The van der Waals surface area contributed by atoms with Crippen LogP contribution in [0.15, 0.2) is 0 Å². The molecule has 0 aromatic heterocycles. The third kappa shape index (κ3) is 9.43. The maximum atomic E-state index is 10.4. The Morgan fingerprint density at radius 2 is 2.00 bits per heavy atom. The fourth-order valence-electron chi connectivity index (χ4n) is 0.718. The fourth-order valence-corrected chi connectivity index (χ4v) is 0.718. The average molecular weight is 158 g/mol. The van der Waals surface area contributed by atoms with Crippen molar-refractivity contribution in [1.29, 1.82) is 0 Å². The van der Waals surface area contributed by atoms with Crippen molar-refractivity contribution >= 4 is 5.91 Å². The number of amides is 1. The van der Waals surface area contributed by atoms with Gasteiger partial charge in [-0.15, -0.1) is 0 Å². The molecule has 0 heterocycles. The summed E-state index contributed by atoms with van der Waals surface area (Å²) in [5.74, 6) is 0.712. The van der Waals surface area contributed by atoms with Crippen molar-refractivity contribution in [2.75, 3.05) is 19.6 Å².